The lowest BCUT2D eigenvalue weighted by Crippen LogP contribution is -2.53. The average molecular weight is 320 g/mol. The van der Waals surface area contributed by atoms with Crippen molar-refractivity contribution in [1.29, 1.82) is 0 Å². The number of aliphatic carboxylic acids is 1. The van der Waals surface area contributed by atoms with Gasteiger partial charge in [0.1, 0.15) is 5.60 Å². The molecule has 0 saturated carbocycles. The first kappa shape index (κ1) is 17.1. The maximum atomic E-state index is 11.9. The zero-order valence-electron chi connectivity index (χ0n) is 13.8. The van der Waals surface area contributed by atoms with Crippen molar-refractivity contribution in [3.05, 3.63) is 30.3 Å². The monoisotopic (exact) mass is 320 g/mol. The molecular weight excluding hydrogens is 296 g/mol. The molecule has 1 aliphatic heterocycles. The summed E-state index contributed by atoms with van der Waals surface area (Å²) in [6, 6.07) is 9.36. The number of para-hydroxylation sites is 1. The highest BCUT2D eigenvalue weighted by Crippen LogP contribution is 2.23. The molecule has 1 heterocycles. The smallest absolute Gasteiger partial charge is 0.407 e. The van der Waals surface area contributed by atoms with E-state index in [0.29, 0.717) is 19.5 Å². The van der Waals surface area contributed by atoms with Crippen LogP contribution in [0.3, 0.4) is 0 Å². The van der Waals surface area contributed by atoms with E-state index in [2.05, 4.69) is 5.32 Å². The van der Waals surface area contributed by atoms with Gasteiger partial charge in [-0.3, -0.25) is 4.79 Å². The van der Waals surface area contributed by atoms with Crippen molar-refractivity contribution in [3.63, 3.8) is 0 Å². The average Bonchev–Trinajstić information content (AvgIpc) is 2.45. The second-order valence-electron chi connectivity index (χ2n) is 6.85. The Morgan fingerprint density at radius 3 is 2.43 bits per heavy atom. The standard InChI is InChI=1S/C17H24N2O4/c1-17(2,3)23-16(22)18-13-9-12(15(20)21)10-19(11-13)14-7-5-4-6-8-14/h4-8,12-13H,9-11H2,1-3H3,(H,18,22)(H,20,21). The molecule has 6 heteroatoms. The summed E-state index contributed by atoms with van der Waals surface area (Å²) in [5.74, 6) is -1.37. The van der Waals surface area contributed by atoms with E-state index in [4.69, 9.17) is 4.74 Å². The number of anilines is 1. The zero-order chi connectivity index (χ0) is 17.0. The van der Waals surface area contributed by atoms with Gasteiger partial charge in [0, 0.05) is 18.8 Å². The molecule has 0 aromatic heterocycles. The van der Waals surface area contributed by atoms with Gasteiger partial charge in [0.05, 0.1) is 12.0 Å². The summed E-state index contributed by atoms with van der Waals surface area (Å²) < 4.78 is 5.26. The number of amides is 1. The fourth-order valence-electron chi connectivity index (χ4n) is 2.71. The van der Waals surface area contributed by atoms with Crippen molar-refractivity contribution in [1.82, 2.24) is 5.32 Å². The summed E-state index contributed by atoms with van der Waals surface area (Å²) in [4.78, 5) is 25.4. The molecular formula is C17H24N2O4. The van der Waals surface area contributed by atoms with Gasteiger partial charge in [-0.2, -0.15) is 0 Å². The lowest BCUT2D eigenvalue weighted by molar-refractivity contribution is -0.142. The molecule has 2 N–H and O–H groups in total. The summed E-state index contributed by atoms with van der Waals surface area (Å²) in [6.07, 6.45) is -0.112. The highest BCUT2D eigenvalue weighted by atomic mass is 16.6. The molecule has 1 aromatic carbocycles. The normalized spacial score (nSPS) is 21.6. The van der Waals surface area contributed by atoms with Crippen LogP contribution in [0.2, 0.25) is 0 Å². The van der Waals surface area contributed by atoms with Crippen molar-refractivity contribution in [2.75, 3.05) is 18.0 Å². The summed E-state index contributed by atoms with van der Waals surface area (Å²) in [5, 5.41) is 12.2. The Hall–Kier alpha value is -2.24. The van der Waals surface area contributed by atoms with Crippen LogP contribution in [-0.2, 0) is 9.53 Å². The van der Waals surface area contributed by atoms with Crippen molar-refractivity contribution < 1.29 is 19.4 Å². The molecule has 1 fully saturated rings. The zero-order valence-corrected chi connectivity index (χ0v) is 13.8. The van der Waals surface area contributed by atoms with E-state index in [9.17, 15) is 14.7 Å². The van der Waals surface area contributed by atoms with Gasteiger partial charge < -0.3 is 20.1 Å². The van der Waals surface area contributed by atoms with E-state index < -0.39 is 23.6 Å². The number of alkyl carbamates (subject to hydrolysis) is 1. The van der Waals surface area contributed by atoms with Crippen LogP contribution in [0.5, 0.6) is 0 Å². The van der Waals surface area contributed by atoms with Gasteiger partial charge in [-0.05, 0) is 39.3 Å². The Kier molecular flexibility index (Phi) is 5.13. The third-order valence-electron chi connectivity index (χ3n) is 3.64. The Labute approximate surface area is 136 Å². The quantitative estimate of drug-likeness (QED) is 0.894. The summed E-state index contributed by atoms with van der Waals surface area (Å²) >= 11 is 0. The summed E-state index contributed by atoms with van der Waals surface area (Å²) in [5.41, 5.74) is 0.374. The number of hydrogen-bond donors (Lipinski definition) is 2. The number of ether oxygens (including phenoxy) is 1. The first-order chi connectivity index (χ1) is 10.7. The summed E-state index contributed by atoms with van der Waals surface area (Å²) in [6.45, 7) is 6.39. The van der Waals surface area contributed by atoms with Crippen LogP contribution >= 0.6 is 0 Å². The number of benzene rings is 1. The Balaban J connectivity index is 2.07. The maximum Gasteiger partial charge on any atom is 0.407 e. The minimum Gasteiger partial charge on any atom is -0.481 e. The van der Waals surface area contributed by atoms with Gasteiger partial charge in [0.25, 0.3) is 0 Å². The van der Waals surface area contributed by atoms with Crippen molar-refractivity contribution in [2.24, 2.45) is 5.92 Å². The number of carboxylic acids is 1. The lowest BCUT2D eigenvalue weighted by Gasteiger charge is -2.38. The molecule has 0 bridgehead atoms. The van der Waals surface area contributed by atoms with E-state index >= 15 is 0 Å². The molecule has 1 aliphatic rings. The Morgan fingerprint density at radius 2 is 1.87 bits per heavy atom. The van der Waals surface area contributed by atoms with Gasteiger partial charge in [0.15, 0.2) is 0 Å². The molecule has 1 aromatic rings. The first-order valence-electron chi connectivity index (χ1n) is 7.77. The fourth-order valence-corrected chi connectivity index (χ4v) is 2.71. The predicted molar refractivity (Wildman–Crippen MR) is 87.6 cm³/mol. The number of hydrogen-bond acceptors (Lipinski definition) is 4. The number of piperidine rings is 1. The van der Waals surface area contributed by atoms with Crippen LogP contribution in [0.25, 0.3) is 0 Å². The van der Waals surface area contributed by atoms with Gasteiger partial charge in [-0.1, -0.05) is 18.2 Å². The fraction of sp³-hybridized carbons (Fsp3) is 0.529. The molecule has 0 radical (unpaired) electrons. The van der Waals surface area contributed by atoms with Gasteiger partial charge >= 0.3 is 12.1 Å². The number of rotatable bonds is 3. The van der Waals surface area contributed by atoms with Crippen molar-refractivity contribution in [3.8, 4) is 0 Å². The largest absolute Gasteiger partial charge is 0.481 e. The first-order valence-corrected chi connectivity index (χ1v) is 7.77. The van der Waals surface area contributed by atoms with E-state index in [-0.39, 0.29) is 6.04 Å². The van der Waals surface area contributed by atoms with E-state index in [1.54, 1.807) is 20.8 Å². The highest BCUT2D eigenvalue weighted by molar-refractivity contribution is 5.72. The topological polar surface area (TPSA) is 78.9 Å². The SMILES string of the molecule is CC(C)(C)OC(=O)NC1CC(C(=O)O)CN(c2ccccc2)C1. The number of nitrogens with zero attached hydrogens (tertiary/aromatic N) is 1. The molecule has 126 valence electrons. The van der Waals surface area contributed by atoms with Crippen molar-refractivity contribution >= 4 is 17.7 Å². The maximum absolute atomic E-state index is 11.9. The van der Waals surface area contributed by atoms with Crippen LogP contribution in [0, 0.1) is 5.92 Å². The lowest BCUT2D eigenvalue weighted by atomic mass is 9.94. The van der Waals surface area contributed by atoms with Crippen LogP contribution < -0.4 is 10.2 Å². The molecule has 0 aliphatic carbocycles. The third kappa shape index (κ3) is 5.16. The minimum absolute atomic E-state index is 0.264. The molecule has 0 spiro atoms. The molecule has 2 atom stereocenters. The molecule has 2 unspecified atom stereocenters. The van der Waals surface area contributed by atoms with Gasteiger partial charge in [0.2, 0.25) is 0 Å². The van der Waals surface area contributed by atoms with Crippen LogP contribution in [0.1, 0.15) is 27.2 Å². The molecule has 2 rings (SSSR count). The van der Waals surface area contributed by atoms with Crippen LogP contribution in [-0.4, -0.2) is 41.9 Å². The van der Waals surface area contributed by atoms with Crippen molar-refractivity contribution in [2.45, 2.75) is 38.8 Å². The second-order valence-corrected chi connectivity index (χ2v) is 6.85. The number of carboxylic acid groups (broad SMARTS) is 1. The van der Waals surface area contributed by atoms with E-state index in [0.717, 1.165) is 5.69 Å². The molecule has 1 amide bonds. The molecule has 1 saturated heterocycles. The number of carbonyl (C=O) groups is 2. The minimum atomic E-state index is -0.846. The third-order valence-corrected chi connectivity index (χ3v) is 3.64. The van der Waals surface area contributed by atoms with Crippen LogP contribution in [0.4, 0.5) is 10.5 Å². The van der Waals surface area contributed by atoms with Gasteiger partial charge in [-0.25, -0.2) is 4.79 Å². The number of nitrogens with one attached hydrogen (secondary N) is 1. The van der Waals surface area contributed by atoms with Gasteiger partial charge in [-0.15, -0.1) is 0 Å². The van der Waals surface area contributed by atoms with Crippen LogP contribution in [0.15, 0.2) is 30.3 Å². The Bertz CT molecular complexity index is 553. The highest BCUT2D eigenvalue weighted by Gasteiger charge is 2.33. The van der Waals surface area contributed by atoms with E-state index in [1.165, 1.54) is 0 Å². The van der Waals surface area contributed by atoms with E-state index in [1.807, 2.05) is 35.2 Å². The Morgan fingerprint density at radius 1 is 1.22 bits per heavy atom. The second kappa shape index (κ2) is 6.89. The predicted octanol–water partition coefficient (Wildman–Crippen LogP) is 2.49. The number of carbonyl (C=O) groups excluding carboxylic acids is 1. The summed E-state index contributed by atoms with van der Waals surface area (Å²) in [7, 11) is 0. The molecule has 23 heavy (non-hydrogen) atoms. The molecule has 6 nitrogen and oxygen atoms in total.